The number of methoxy groups -OCH3 is 1. The summed E-state index contributed by atoms with van der Waals surface area (Å²) in [5.74, 6) is 1.90. The zero-order valence-electron chi connectivity index (χ0n) is 12.3. The number of rotatable bonds is 7. The van der Waals surface area contributed by atoms with Crippen LogP contribution in [-0.4, -0.2) is 30.3 Å². The van der Waals surface area contributed by atoms with Crippen LogP contribution < -0.4 is 5.32 Å². The molecule has 0 saturated heterocycles. The van der Waals surface area contributed by atoms with Gasteiger partial charge in [0.05, 0.1) is 0 Å². The van der Waals surface area contributed by atoms with Crippen LogP contribution in [0, 0.1) is 5.92 Å². The highest BCUT2D eigenvalue weighted by molar-refractivity contribution is 4.98. The van der Waals surface area contributed by atoms with Crippen LogP contribution in [0.4, 0.5) is 0 Å². The predicted molar refractivity (Wildman–Crippen MR) is 70.3 cm³/mol. The number of ether oxygens (including phenoxy) is 1. The van der Waals surface area contributed by atoms with Gasteiger partial charge in [-0.1, -0.05) is 19.0 Å². The molecule has 1 aromatic heterocycles. The molecule has 0 saturated carbocycles. The van der Waals surface area contributed by atoms with E-state index in [-0.39, 0.29) is 0 Å². The third kappa shape index (κ3) is 4.07. The van der Waals surface area contributed by atoms with Gasteiger partial charge in [-0.3, -0.25) is 0 Å². The van der Waals surface area contributed by atoms with Gasteiger partial charge in [0, 0.05) is 19.6 Å². The van der Waals surface area contributed by atoms with E-state index in [9.17, 15) is 0 Å². The van der Waals surface area contributed by atoms with Crippen molar-refractivity contribution in [2.45, 2.75) is 52.2 Å². The van der Waals surface area contributed by atoms with Crippen molar-refractivity contribution in [3.63, 3.8) is 0 Å². The lowest BCUT2D eigenvalue weighted by Gasteiger charge is -2.17. The summed E-state index contributed by atoms with van der Waals surface area (Å²) in [6.07, 6.45) is 1.84. The molecule has 1 rings (SSSR count). The zero-order valence-corrected chi connectivity index (χ0v) is 12.3. The molecule has 1 N–H and O–H groups in total. The van der Waals surface area contributed by atoms with E-state index >= 15 is 0 Å². The van der Waals surface area contributed by atoms with Crippen LogP contribution in [0.2, 0.25) is 0 Å². The van der Waals surface area contributed by atoms with Crippen molar-refractivity contribution < 1.29 is 9.26 Å². The Morgan fingerprint density at radius 3 is 2.56 bits per heavy atom. The van der Waals surface area contributed by atoms with Crippen LogP contribution in [0.1, 0.15) is 45.8 Å². The predicted octanol–water partition coefficient (Wildman–Crippen LogP) is 2.13. The summed E-state index contributed by atoms with van der Waals surface area (Å²) >= 11 is 0. The minimum Gasteiger partial charge on any atom is -0.371 e. The molecule has 18 heavy (non-hydrogen) atoms. The van der Waals surface area contributed by atoms with Gasteiger partial charge in [0.1, 0.15) is 5.60 Å². The van der Waals surface area contributed by atoms with Crippen molar-refractivity contribution in [1.29, 1.82) is 0 Å². The van der Waals surface area contributed by atoms with E-state index < -0.39 is 5.60 Å². The Labute approximate surface area is 109 Å². The van der Waals surface area contributed by atoms with Gasteiger partial charge in [-0.2, -0.15) is 4.98 Å². The Kier molecular flexibility index (Phi) is 5.28. The Morgan fingerprint density at radius 2 is 2.06 bits per heavy atom. The Morgan fingerprint density at radius 1 is 1.39 bits per heavy atom. The second kappa shape index (κ2) is 6.29. The number of hydrogen-bond acceptors (Lipinski definition) is 5. The maximum Gasteiger partial charge on any atom is 0.228 e. The lowest BCUT2D eigenvalue weighted by atomic mass is 10.0. The first-order valence-electron chi connectivity index (χ1n) is 6.44. The van der Waals surface area contributed by atoms with Crippen LogP contribution in [0.3, 0.4) is 0 Å². The summed E-state index contributed by atoms with van der Waals surface area (Å²) in [7, 11) is 3.61. The second-order valence-corrected chi connectivity index (χ2v) is 5.55. The normalized spacial score (nSPS) is 14.2. The van der Waals surface area contributed by atoms with Gasteiger partial charge in [0.2, 0.25) is 11.7 Å². The van der Waals surface area contributed by atoms with Crippen LogP contribution in [0.5, 0.6) is 0 Å². The van der Waals surface area contributed by atoms with Crippen LogP contribution in [0.25, 0.3) is 0 Å². The Hall–Kier alpha value is -0.940. The quantitative estimate of drug-likeness (QED) is 0.808. The molecule has 0 bridgehead atoms. The molecule has 1 unspecified atom stereocenters. The topological polar surface area (TPSA) is 60.2 Å². The van der Waals surface area contributed by atoms with Crippen LogP contribution in [-0.2, 0) is 16.8 Å². The van der Waals surface area contributed by atoms with Crippen LogP contribution in [0.15, 0.2) is 4.52 Å². The lowest BCUT2D eigenvalue weighted by Crippen LogP contribution is -2.29. The van der Waals surface area contributed by atoms with E-state index in [2.05, 4.69) is 29.3 Å². The average Bonchev–Trinajstić information content (AvgIpc) is 2.76. The van der Waals surface area contributed by atoms with Crippen molar-refractivity contribution in [3.8, 4) is 0 Å². The maximum absolute atomic E-state index is 5.33. The van der Waals surface area contributed by atoms with Gasteiger partial charge in [0.15, 0.2) is 0 Å². The molecule has 0 aliphatic heterocycles. The minimum atomic E-state index is -0.505. The van der Waals surface area contributed by atoms with E-state index in [1.54, 1.807) is 7.11 Å². The summed E-state index contributed by atoms with van der Waals surface area (Å²) in [6, 6.07) is 0.365. The molecule has 0 spiro atoms. The molecule has 1 atom stereocenters. The van der Waals surface area contributed by atoms with Gasteiger partial charge >= 0.3 is 0 Å². The third-order valence-electron chi connectivity index (χ3n) is 3.10. The minimum absolute atomic E-state index is 0.365. The third-order valence-corrected chi connectivity index (χ3v) is 3.10. The van der Waals surface area contributed by atoms with E-state index in [0.29, 0.717) is 23.7 Å². The Balaban J connectivity index is 2.68. The molecule has 0 radical (unpaired) electrons. The van der Waals surface area contributed by atoms with Gasteiger partial charge in [-0.15, -0.1) is 0 Å². The lowest BCUT2D eigenvalue weighted by molar-refractivity contribution is 0.00973. The molecule has 0 aromatic carbocycles. The SMILES string of the molecule is CNC(Cc1nc(C(C)(C)OC)no1)CC(C)C. The Bertz CT molecular complexity index is 361. The highest BCUT2D eigenvalue weighted by atomic mass is 16.5. The van der Waals surface area contributed by atoms with E-state index in [4.69, 9.17) is 9.26 Å². The van der Waals surface area contributed by atoms with Crippen LogP contribution >= 0.6 is 0 Å². The molecule has 1 aromatic rings. The van der Waals surface area contributed by atoms with E-state index in [1.807, 2.05) is 20.9 Å². The molecule has 0 aliphatic carbocycles. The molecule has 0 aliphatic rings. The molecule has 104 valence electrons. The second-order valence-electron chi connectivity index (χ2n) is 5.55. The summed E-state index contributed by atoms with van der Waals surface area (Å²) in [4.78, 5) is 4.41. The molecule has 1 heterocycles. The number of nitrogens with one attached hydrogen (secondary N) is 1. The number of aromatic nitrogens is 2. The van der Waals surface area contributed by atoms with Crippen molar-refractivity contribution in [1.82, 2.24) is 15.5 Å². The summed E-state index contributed by atoms with van der Waals surface area (Å²) in [6.45, 7) is 8.26. The smallest absolute Gasteiger partial charge is 0.228 e. The first-order chi connectivity index (χ1) is 8.39. The van der Waals surface area contributed by atoms with Gasteiger partial charge in [0.25, 0.3) is 0 Å². The van der Waals surface area contributed by atoms with E-state index in [1.165, 1.54) is 0 Å². The fraction of sp³-hybridized carbons (Fsp3) is 0.846. The fourth-order valence-electron chi connectivity index (χ4n) is 1.76. The van der Waals surface area contributed by atoms with Crippen molar-refractivity contribution in [3.05, 3.63) is 11.7 Å². The van der Waals surface area contributed by atoms with Crippen molar-refractivity contribution >= 4 is 0 Å². The van der Waals surface area contributed by atoms with E-state index in [0.717, 1.165) is 12.8 Å². The molecule has 0 fully saturated rings. The fourth-order valence-corrected chi connectivity index (χ4v) is 1.76. The van der Waals surface area contributed by atoms with Crippen molar-refractivity contribution in [2.75, 3.05) is 14.2 Å². The average molecular weight is 255 g/mol. The molecular formula is C13H25N3O2. The number of nitrogens with zero attached hydrogens (tertiary/aromatic N) is 2. The first kappa shape index (κ1) is 15.1. The largest absolute Gasteiger partial charge is 0.371 e. The maximum atomic E-state index is 5.33. The number of likely N-dealkylation sites (N-methyl/N-ethyl adjacent to an activating group) is 1. The highest BCUT2D eigenvalue weighted by Crippen LogP contribution is 2.21. The summed E-state index contributed by atoms with van der Waals surface area (Å²) in [5.41, 5.74) is -0.505. The standard InChI is InChI=1S/C13H25N3O2/c1-9(2)7-10(14-5)8-11-15-12(16-18-11)13(3,4)17-6/h9-10,14H,7-8H2,1-6H3. The molecule has 5 nitrogen and oxygen atoms in total. The monoisotopic (exact) mass is 255 g/mol. The molecule has 0 amide bonds. The summed E-state index contributed by atoms with van der Waals surface area (Å²) in [5, 5.41) is 7.27. The molecular weight excluding hydrogens is 230 g/mol. The first-order valence-corrected chi connectivity index (χ1v) is 6.44. The molecule has 5 heteroatoms. The van der Waals surface area contributed by atoms with Gasteiger partial charge < -0.3 is 14.6 Å². The van der Waals surface area contributed by atoms with Gasteiger partial charge in [-0.25, -0.2) is 0 Å². The highest BCUT2D eigenvalue weighted by Gasteiger charge is 2.26. The van der Waals surface area contributed by atoms with Crippen molar-refractivity contribution in [2.24, 2.45) is 5.92 Å². The number of hydrogen-bond donors (Lipinski definition) is 1. The van der Waals surface area contributed by atoms with Gasteiger partial charge in [-0.05, 0) is 33.2 Å². The zero-order chi connectivity index (χ0) is 13.8. The summed E-state index contributed by atoms with van der Waals surface area (Å²) < 4.78 is 10.6.